The van der Waals surface area contributed by atoms with Gasteiger partial charge < -0.3 is 10.1 Å². The summed E-state index contributed by atoms with van der Waals surface area (Å²) < 4.78 is 33.4. The first-order valence-corrected chi connectivity index (χ1v) is 12.1. The number of hydrogen-bond acceptors (Lipinski definition) is 4. The van der Waals surface area contributed by atoms with Crippen LogP contribution in [-0.2, 0) is 16.6 Å². The number of benzene rings is 4. The predicted molar refractivity (Wildman–Crippen MR) is 134 cm³/mol. The van der Waals surface area contributed by atoms with E-state index in [0.29, 0.717) is 22.7 Å². The van der Waals surface area contributed by atoms with Crippen molar-refractivity contribution in [3.8, 4) is 5.75 Å². The van der Waals surface area contributed by atoms with Crippen molar-refractivity contribution >= 4 is 27.3 Å². The third kappa shape index (κ3) is 5.27. The molecule has 0 saturated heterocycles. The van der Waals surface area contributed by atoms with E-state index in [2.05, 4.69) is 5.32 Å². The lowest BCUT2D eigenvalue weighted by Crippen LogP contribution is -2.30. The van der Waals surface area contributed by atoms with Crippen LogP contribution in [0.3, 0.4) is 0 Å². The van der Waals surface area contributed by atoms with Gasteiger partial charge in [-0.05, 0) is 54.1 Å². The molecule has 1 N–H and O–H groups in total. The Morgan fingerprint density at radius 2 is 1.47 bits per heavy atom. The lowest BCUT2D eigenvalue weighted by atomic mass is 10.1. The SMILES string of the molecule is COc1cccc(NC(=O)c2ccc(CN(c3ccccc3)S(=O)(=O)c3ccccc3)cc2)c1. The highest BCUT2D eigenvalue weighted by Crippen LogP contribution is 2.26. The van der Waals surface area contributed by atoms with Crippen LogP contribution in [0.25, 0.3) is 0 Å². The second-order valence-electron chi connectivity index (χ2n) is 7.54. The van der Waals surface area contributed by atoms with Gasteiger partial charge in [0.1, 0.15) is 5.75 Å². The lowest BCUT2D eigenvalue weighted by molar-refractivity contribution is 0.102. The minimum Gasteiger partial charge on any atom is -0.497 e. The summed E-state index contributed by atoms with van der Waals surface area (Å²) in [6.45, 7) is 0.124. The monoisotopic (exact) mass is 472 g/mol. The summed E-state index contributed by atoms with van der Waals surface area (Å²) >= 11 is 0. The zero-order valence-electron chi connectivity index (χ0n) is 18.6. The van der Waals surface area contributed by atoms with Gasteiger partial charge in [0.2, 0.25) is 0 Å². The molecular formula is C27H24N2O4S. The molecule has 0 heterocycles. The van der Waals surface area contributed by atoms with Crippen molar-refractivity contribution in [3.05, 3.63) is 120 Å². The van der Waals surface area contributed by atoms with Gasteiger partial charge in [-0.2, -0.15) is 0 Å². The second kappa shape index (κ2) is 10.2. The number of nitrogens with zero attached hydrogens (tertiary/aromatic N) is 1. The maximum Gasteiger partial charge on any atom is 0.264 e. The summed E-state index contributed by atoms with van der Waals surface area (Å²) in [4.78, 5) is 12.9. The maximum absolute atomic E-state index is 13.4. The summed E-state index contributed by atoms with van der Waals surface area (Å²) in [5.74, 6) is 0.380. The van der Waals surface area contributed by atoms with Crippen LogP contribution >= 0.6 is 0 Å². The number of carbonyl (C=O) groups excluding carboxylic acids is 1. The van der Waals surface area contributed by atoms with E-state index < -0.39 is 10.0 Å². The van der Waals surface area contributed by atoms with Gasteiger partial charge in [-0.25, -0.2) is 8.42 Å². The Kier molecular flexibility index (Phi) is 6.94. The molecule has 7 heteroatoms. The second-order valence-corrected chi connectivity index (χ2v) is 9.41. The number of rotatable bonds is 8. The molecule has 0 aromatic heterocycles. The van der Waals surface area contributed by atoms with Gasteiger partial charge in [0, 0.05) is 17.3 Å². The summed E-state index contributed by atoms with van der Waals surface area (Å²) in [5, 5.41) is 2.84. The van der Waals surface area contributed by atoms with Crippen molar-refractivity contribution in [2.75, 3.05) is 16.7 Å². The summed E-state index contributed by atoms with van der Waals surface area (Å²) in [6, 6.07) is 31.3. The van der Waals surface area contributed by atoms with Crippen LogP contribution in [0.5, 0.6) is 5.75 Å². The van der Waals surface area contributed by atoms with Gasteiger partial charge in [0.15, 0.2) is 0 Å². The van der Waals surface area contributed by atoms with Gasteiger partial charge in [-0.3, -0.25) is 9.10 Å². The highest BCUT2D eigenvalue weighted by atomic mass is 32.2. The molecule has 0 radical (unpaired) electrons. The van der Waals surface area contributed by atoms with Gasteiger partial charge in [0.05, 0.1) is 24.2 Å². The van der Waals surface area contributed by atoms with Crippen molar-refractivity contribution in [2.45, 2.75) is 11.4 Å². The first kappa shape index (κ1) is 23.1. The highest BCUT2D eigenvalue weighted by molar-refractivity contribution is 7.92. The Bertz CT molecular complexity index is 1360. The Balaban J connectivity index is 1.56. The van der Waals surface area contributed by atoms with Crippen LogP contribution in [0.1, 0.15) is 15.9 Å². The number of methoxy groups -OCH3 is 1. The molecule has 0 unspecified atom stereocenters. The standard InChI is InChI=1S/C27H24N2O4S/c1-33-25-12-8-9-23(19-25)28-27(30)22-17-15-21(16-18-22)20-29(24-10-4-2-5-11-24)34(31,32)26-13-6-3-7-14-26/h2-19H,20H2,1H3,(H,28,30). The third-order valence-corrected chi connectivity index (χ3v) is 7.03. The van der Waals surface area contributed by atoms with Crippen molar-refractivity contribution in [1.82, 2.24) is 0 Å². The Morgan fingerprint density at radius 1 is 0.824 bits per heavy atom. The number of hydrogen-bond donors (Lipinski definition) is 1. The fraction of sp³-hybridized carbons (Fsp3) is 0.0741. The number of sulfonamides is 1. The Hall–Kier alpha value is -4.10. The molecule has 0 fully saturated rings. The zero-order chi connectivity index (χ0) is 24.0. The largest absolute Gasteiger partial charge is 0.497 e. The molecular weight excluding hydrogens is 448 g/mol. The van der Waals surface area contributed by atoms with E-state index in [1.807, 2.05) is 6.07 Å². The molecule has 1 amide bonds. The molecule has 0 aliphatic heterocycles. The van der Waals surface area contributed by atoms with Crippen LogP contribution in [0.15, 0.2) is 114 Å². The number of carbonyl (C=O) groups is 1. The van der Waals surface area contributed by atoms with Crippen molar-refractivity contribution in [3.63, 3.8) is 0 Å². The molecule has 172 valence electrons. The van der Waals surface area contributed by atoms with Crippen LogP contribution in [-0.4, -0.2) is 21.4 Å². The Morgan fingerprint density at radius 3 is 2.12 bits per heavy atom. The first-order valence-electron chi connectivity index (χ1n) is 10.6. The molecule has 4 rings (SSSR count). The maximum atomic E-state index is 13.4. The molecule has 0 spiro atoms. The average Bonchev–Trinajstić information content (AvgIpc) is 2.88. The van der Waals surface area contributed by atoms with Gasteiger partial charge in [-0.1, -0.05) is 54.6 Å². The molecule has 0 aliphatic carbocycles. The minimum atomic E-state index is -3.78. The summed E-state index contributed by atoms with van der Waals surface area (Å²) in [6.07, 6.45) is 0. The van der Waals surface area contributed by atoms with E-state index in [1.54, 1.807) is 110 Å². The van der Waals surface area contributed by atoms with Crippen molar-refractivity contribution in [1.29, 1.82) is 0 Å². The van der Waals surface area contributed by atoms with Gasteiger partial charge in [0.25, 0.3) is 15.9 Å². The summed E-state index contributed by atoms with van der Waals surface area (Å²) in [7, 11) is -2.22. The normalized spacial score (nSPS) is 11.0. The van der Waals surface area contributed by atoms with Crippen LogP contribution in [0.2, 0.25) is 0 Å². The predicted octanol–water partition coefficient (Wildman–Crippen LogP) is 5.34. The van der Waals surface area contributed by atoms with Crippen molar-refractivity contribution in [2.24, 2.45) is 0 Å². The Labute approximate surface area is 199 Å². The van der Waals surface area contributed by atoms with E-state index in [4.69, 9.17) is 4.74 Å². The molecule has 4 aromatic rings. The van der Waals surface area contributed by atoms with Crippen LogP contribution in [0.4, 0.5) is 11.4 Å². The average molecular weight is 473 g/mol. The molecule has 34 heavy (non-hydrogen) atoms. The van der Waals surface area contributed by atoms with Gasteiger partial charge in [-0.15, -0.1) is 0 Å². The fourth-order valence-corrected chi connectivity index (χ4v) is 4.93. The third-order valence-electron chi connectivity index (χ3n) is 5.25. The molecule has 0 saturated carbocycles. The van der Waals surface area contributed by atoms with E-state index in [-0.39, 0.29) is 17.3 Å². The number of anilines is 2. The molecule has 0 atom stereocenters. The van der Waals surface area contributed by atoms with E-state index in [0.717, 1.165) is 5.56 Å². The van der Waals surface area contributed by atoms with Gasteiger partial charge >= 0.3 is 0 Å². The van der Waals surface area contributed by atoms with Crippen molar-refractivity contribution < 1.29 is 17.9 Å². The zero-order valence-corrected chi connectivity index (χ0v) is 19.4. The molecule has 0 bridgehead atoms. The quantitative estimate of drug-likeness (QED) is 0.375. The lowest BCUT2D eigenvalue weighted by Gasteiger charge is -2.25. The molecule has 6 nitrogen and oxygen atoms in total. The molecule has 0 aliphatic rings. The molecule has 4 aromatic carbocycles. The number of ether oxygens (including phenoxy) is 1. The smallest absolute Gasteiger partial charge is 0.264 e. The number of nitrogens with one attached hydrogen (secondary N) is 1. The number of para-hydroxylation sites is 1. The topological polar surface area (TPSA) is 75.7 Å². The van der Waals surface area contributed by atoms with E-state index in [1.165, 1.54) is 4.31 Å². The highest BCUT2D eigenvalue weighted by Gasteiger charge is 2.25. The number of amides is 1. The summed E-state index contributed by atoms with van der Waals surface area (Å²) in [5.41, 5.74) is 2.40. The van der Waals surface area contributed by atoms with E-state index in [9.17, 15) is 13.2 Å². The van der Waals surface area contributed by atoms with E-state index >= 15 is 0 Å². The fourth-order valence-electron chi connectivity index (χ4n) is 3.46. The first-order chi connectivity index (χ1) is 16.5. The van der Waals surface area contributed by atoms with Crippen LogP contribution < -0.4 is 14.4 Å². The minimum absolute atomic E-state index is 0.124. The van der Waals surface area contributed by atoms with Crippen LogP contribution in [0, 0.1) is 0 Å².